The number of nitrogens with zero attached hydrogens (tertiary/aromatic N) is 2. The molecule has 52 heavy (non-hydrogen) atoms. The van der Waals surface area contributed by atoms with Crippen molar-refractivity contribution in [1.29, 1.82) is 0 Å². The summed E-state index contributed by atoms with van der Waals surface area (Å²) in [6, 6.07) is 73.8. The number of anilines is 6. The van der Waals surface area contributed by atoms with Gasteiger partial charge in [-0.2, -0.15) is 0 Å². The number of rotatable bonds is 8. The number of hydrogen-bond acceptors (Lipinski definition) is 2. The molecule has 0 aliphatic rings. The Hall–Kier alpha value is -6.90. The van der Waals surface area contributed by atoms with Gasteiger partial charge in [-0.3, -0.25) is 0 Å². The molecule has 0 heterocycles. The summed E-state index contributed by atoms with van der Waals surface area (Å²) in [6.07, 6.45) is 4.38. The van der Waals surface area contributed by atoms with Gasteiger partial charge in [0.2, 0.25) is 0 Å². The Balaban J connectivity index is 1.03. The first-order valence-corrected chi connectivity index (χ1v) is 17.8. The molecule has 0 N–H and O–H groups in total. The molecule has 2 nitrogen and oxygen atoms in total. The molecule has 9 aromatic rings. The van der Waals surface area contributed by atoms with E-state index in [9.17, 15) is 0 Å². The number of hydrogen-bond donors (Lipinski definition) is 0. The molecule has 0 saturated carbocycles. The minimum atomic E-state index is 1.11. The summed E-state index contributed by atoms with van der Waals surface area (Å²) in [7, 11) is 0. The fraction of sp³-hybridized carbons (Fsp3) is 0. The zero-order chi connectivity index (χ0) is 34.7. The van der Waals surface area contributed by atoms with Gasteiger partial charge in [-0.25, -0.2) is 0 Å². The molecule has 0 spiro atoms. The van der Waals surface area contributed by atoms with Gasteiger partial charge in [0.05, 0.1) is 11.4 Å². The van der Waals surface area contributed by atoms with Crippen LogP contribution in [0.3, 0.4) is 0 Å². The lowest BCUT2D eigenvalue weighted by Gasteiger charge is -2.28. The first kappa shape index (κ1) is 31.1. The van der Waals surface area contributed by atoms with Gasteiger partial charge in [0.15, 0.2) is 0 Å². The van der Waals surface area contributed by atoms with E-state index >= 15 is 0 Å². The first-order valence-electron chi connectivity index (χ1n) is 17.8. The quantitative estimate of drug-likeness (QED) is 0.149. The SMILES string of the molecule is C(=C\c1ccc(N(c2cccc3ccccc23)c2cccc3ccccc23)cc1)/c1ccc(N(c2ccccc2)c2ccc3ccccc3c2)cc1. The molecule has 9 rings (SSSR count). The monoisotopic (exact) mass is 664 g/mol. The Morgan fingerprint density at radius 1 is 0.269 bits per heavy atom. The topological polar surface area (TPSA) is 6.48 Å². The van der Waals surface area contributed by atoms with Crippen molar-refractivity contribution in [3.05, 3.63) is 217 Å². The van der Waals surface area contributed by atoms with E-state index in [1.165, 1.54) is 32.3 Å². The number of para-hydroxylation sites is 1. The van der Waals surface area contributed by atoms with E-state index in [2.05, 4.69) is 228 Å². The van der Waals surface area contributed by atoms with Crippen LogP contribution in [0.25, 0.3) is 44.5 Å². The average molecular weight is 665 g/mol. The van der Waals surface area contributed by atoms with Crippen LogP contribution < -0.4 is 9.80 Å². The van der Waals surface area contributed by atoms with E-state index in [0.717, 1.165) is 45.3 Å². The third kappa shape index (κ3) is 6.08. The van der Waals surface area contributed by atoms with Crippen molar-refractivity contribution in [3.63, 3.8) is 0 Å². The highest BCUT2D eigenvalue weighted by Crippen LogP contribution is 2.42. The van der Waals surface area contributed by atoms with Gasteiger partial charge < -0.3 is 9.80 Å². The van der Waals surface area contributed by atoms with Crippen molar-refractivity contribution in [2.24, 2.45) is 0 Å². The van der Waals surface area contributed by atoms with Crippen molar-refractivity contribution in [1.82, 2.24) is 0 Å². The molecule has 9 aromatic carbocycles. The fourth-order valence-corrected chi connectivity index (χ4v) is 7.22. The highest BCUT2D eigenvalue weighted by Gasteiger charge is 2.17. The molecule has 0 radical (unpaired) electrons. The summed E-state index contributed by atoms with van der Waals surface area (Å²) in [5.74, 6) is 0. The number of fused-ring (bicyclic) bond motifs is 3. The lowest BCUT2D eigenvalue weighted by molar-refractivity contribution is 1.29. The maximum absolute atomic E-state index is 2.39. The van der Waals surface area contributed by atoms with E-state index in [1.54, 1.807) is 0 Å². The summed E-state index contributed by atoms with van der Waals surface area (Å²) in [5.41, 5.74) is 9.10. The smallest absolute Gasteiger partial charge is 0.0540 e. The second kappa shape index (κ2) is 13.8. The first-order chi connectivity index (χ1) is 25.8. The Bertz CT molecular complexity index is 2590. The van der Waals surface area contributed by atoms with Crippen molar-refractivity contribution >= 4 is 78.6 Å². The van der Waals surface area contributed by atoms with Gasteiger partial charge in [0.1, 0.15) is 0 Å². The van der Waals surface area contributed by atoms with Crippen LogP contribution in [0.5, 0.6) is 0 Å². The molecule has 246 valence electrons. The Labute approximate surface area is 304 Å². The lowest BCUT2D eigenvalue weighted by atomic mass is 10.0. The van der Waals surface area contributed by atoms with Crippen molar-refractivity contribution in [2.45, 2.75) is 0 Å². The van der Waals surface area contributed by atoms with Crippen molar-refractivity contribution < 1.29 is 0 Å². The highest BCUT2D eigenvalue weighted by molar-refractivity contribution is 6.04. The molecule has 0 saturated heterocycles. The molecular weight excluding hydrogens is 629 g/mol. The minimum absolute atomic E-state index is 1.11. The van der Waals surface area contributed by atoms with Gasteiger partial charge in [-0.15, -0.1) is 0 Å². The predicted octanol–water partition coefficient (Wildman–Crippen LogP) is 14.3. The molecule has 0 aliphatic heterocycles. The maximum Gasteiger partial charge on any atom is 0.0540 e. The van der Waals surface area contributed by atoms with E-state index in [4.69, 9.17) is 0 Å². The second-order valence-corrected chi connectivity index (χ2v) is 13.1. The molecule has 0 aliphatic carbocycles. The zero-order valence-electron chi connectivity index (χ0n) is 28.7. The summed E-state index contributed by atoms with van der Waals surface area (Å²) < 4.78 is 0. The van der Waals surface area contributed by atoms with Crippen LogP contribution >= 0.6 is 0 Å². The van der Waals surface area contributed by atoms with E-state index < -0.39 is 0 Å². The molecule has 2 heteroatoms. The maximum atomic E-state index is 2.39. The molecule has 0 amide bonds. The summed E-state index contributed by atoms with van der Waals surface area (Å²) in [5, 5.41) is 7.35. The molecule has 0 unspecified atom stereocenters. The Kier molecular flexibility index (Phi) is 8.24. The van der Waals surface area contributed by atoms with Crippen LogP contribution in [0, 0.1) is 0 Å². The normalized spacial score (nSPS) is 11.4. The molecule has 0 aromatic heterocycles. The number of benzene rings is 9. The van der Waals surface area contributed by atoms with Gasteiger partial charge in [-0.05, 0) is 93.3 Å². The largest absolute Gasteiger partial charge is 0.310 e. The molecule has 0 bridgehead atoms. The molecular formula is C50H36N2. The van der Waals surface area contributed by atoms with Crippen molar-refractivity contribution in [3.8, 4) is 0 Å². The van der Waals surface area contributed by atoms with Crippen LogP contribution in [0.1, 0.15) is 11.1 Å². The summed E-state index contributed by atoms with van der Waals surface area (Å²) in [6.45, 7) is 0. The predicted molar refractivity (Wildman–Crippen MR) is 224 cm³/mol. The lowest BCUT2D eigenvalue weighted by Crippen LogP contribution is -2.11. The van der Waals surface area contributed by atoms with E-state index in [0.29, 0.717) is 0 Å². The van der Waals surface area contributed by atoms with Crippen LogP contribution in [-0.2, 0) is 0 Å². The van der Waals surface area contributed by atoms with E-state index in [-0.39, 0.29) is 0 Å². The van der Waals surface area contributed by atoms with Gasteiger partial charge >= 0.3 is 0 Å². The standard InChI is InChI=1S/C50H36N2/c1-2-18-43(19-3-1)51(46-35-30-39-12-4-5-15-42(39)36-46)44-31-26-37(27-32-44)24-25-38-28-33-45(34-29-38)52(49-22-10-16-40-13-6-8-20-47(40)49)50-23-11-17-41-14-7-9-21-48(41)50/h1-36H/b25-24+. The van der Waals surface area contributed by atoms with Crippen LogP contribution in [0.15, 0.2) is 206 Å². The van der Waals surface area contributed by atoms with Crippen LogP contribution in [0.4, 0.5) is 34.1 Å². The molecule has 0 fully saturated rings. The fourth-order valence-electron chi connectivity index (χ4n) is 7.22. The molecule has 0 atom stereocenters. The van der Waals surface area contributed by atoms with Crippen LogP contribution in [-0.4, -0.2) is 0 Å². The van der Waals surface area contributed by atoms with Crippen molar-refractivity contribution in [2.75, 3.05) is 9.80 Å². The van der Waals surface area contributed by atoms with Gasteiger partial charge in [-0.1, -0.05) is 158 Å². The van der Waals surface area contributed by atoms with E-state index in [1.807, 2.05) is 0 Å². The third-order valence-electron chi connectivity index (χ3n) is 9.79. The summed E-state index contributed by atoms with van der Waals surface area (Å²) >= 11 is 0. The Morgan fingerprint density at radius 3 is 1.27 bits per heavy atom. The van der Waals surface area contributed by atoms with Gasteiger partial charge in [0.25, 0.3) is 0 Å². The third-order valence-corrected chi connectivity index (χ3v) is 9.79. The highest BCUT2D eigenvalue weighted by atomic mass is 15.1. The summed E-state index contributed by atoms with van der Waals surface area (Å²) in [4.78, 5) is 4.71. The average Bonchev–Trinajstić information content (AvgIpc) is 3.22. The van der Waals surface area contributed by atoms with Gasteiger partial charge in [0, 0.05) is 33.5 Å². The Morgan fingerprint density at radius 2 is 0.692 bits per heavy atom. The second-order valence-electron chi connectivity index (χ2n) is 13.1. The zero-order valence-corrected chi connectivity index (χ0v) is 28.7. The van der Waals surface area contributed by atoms with Crippen LogP contribution in [0.2, 0.25) is 0 Å². The minimum Gasteiger partial charge on any atom is -0.310 e.